The van der Waals surface area contributed by atoms with E-state index in [0.29, 0.717) is 29.7 Å². The number of hydrogen-bond acceptors (Lipinski definition) is 7. The molecule has 43 heavy (non-hydrogen) atoms. The van der Waals surface area contributed by atoms with Gasteiger partial charge in [0, 0.05) is 19.3 Å². The van der Waals surface area contributed by atoms with Crippen molar-refractivity contribution in [3.8, 4) is 11.5 Å². The average molecular weight is 589 g/mol. The molecule has 3 aromatic carbocycles. The number of nitrogens with one attached hydrogen (secondary N) is 4. The number of aliphatic carboxylic acids is 1. The summed E-state index contributed by atoms with van der Waals surface area (Å²) in [5.41, 5.74) is 2.00. The number of carboxylic acids is 1. The number of benzene rings is 3. The van der Waals surface area contributed by atoms with Crippen LogP contribution in [-0.4, -0.2) is 69.7 Å². The summed E-state index contributed by atoms with van der Waals surface area (Å²) in [5, 5.41) is 40.4. The van der Waals surface area contributed by atoms with E-state index >= 15 is 0 Å². The van der Waals surface area contributed by atoms with Crippen molar-refractivity contribution >= 4 is 23.7 Å². The number of carboxylic acid groups (broad SMARTS) is 1. The van der Waals surface area contributed by atoms with Crippen molar-refractivity contribution in [2.45, 2.75) is 56.3 Å². The Balaban J connectivity index is 1.55. The minimum absolute atomic E-state index is 0.000411. The monoisotopic (exact) mass is 588 g/mol. The van der Waals surface area contributed by atoms with E-state index in [2.05, 4.69) is 21.3 Å². The second-order valence-electron chi connectivity index (χ2n) is 10.6. The number of phenols is 2. The number of phenolic OH excluding ortho intramolecular Hbond substituents is 2. The first kappa shape index (κ1) is 31.0. The van der Waals surface area contributed by atoms with E-state index in [1.165, 1.54) is 24.3 Å². The van der Waals surface area contributed by atoms with Gasteiger partial charge in [0.05, 0.1) is 6.04 Å². The van der Waals surface area contributed by atoms with Crippen molar-refractivity contribution in [3.05, 3.63) is 95.6 Å². The molecule has 11 heteroatoms. The molecule has 0 aromatic heterocycles. The Bertz CT molecular complexity index is 1390. The highest BCUT2D eigenvalue weighted by atomic mass is 16.4. The quantitative estimate of drug-likeness (QED) is 0.157. The van der Waals surface area contributed by atoms with Crippen molar-refractivity contribution in [3.63, 3.8) is 0 Å². The van der Waals surface area contributed by atoms with E-state index in [1.54, 1.807) is 54.6 Å². The predicted molar refractivity (Wildman–Crippen MR) is 158 cm³/mol. The standard InChI is InChI=1S/C32H36N4O7/c37-23-12-8-21(9-13-23)17-26(34-29(39)25-7-4-16-33-25)30(40)35-27(18-22-10-14-24(38)15-11-22)31(41)36-28(32(42)43)19-20-5-2-1-3-6-20/h1-3,5-6,8-15,25-28,33,37-38H,4,7,16-19H2,(H,34,39)(H,35,40)(H,36,41)(H,42,43). The number of rotatable bonds is 13. The topological polar surface area (TPSA) is 177 Å². The van der Waals surface area contributed by atoms with Crippen molar-refractivity contribution in [1.29, 1.82) is 0 Å². The number of carbonyl (C=O) groups excluding carboxylic acids is 3. The molecule has 0 saturated carbocycles. The third-order valence-electron chi connectivity index (χ3n) is 7.29. The van der Waals surface area contributed by atoms with Crippen LogP contribution in [0.25, 0.3) is 0 Å². The Morgan fingerprint density at radius 1 is 0.674 bits per heavy atom. The van der Waals surface area contributed by atoms with Gasteiger partial charge in [0.1, 0.15) is 29.6 Å². The maximum absolute atomic E-state index is 13.7. The number of hydrogen-bond donors (Lipinski definition) is 7. The van der Waals surface area contributed by atoms with Crippen LogP contribution in [0.2, 0.25) is 0 Å². The normalized spacial score (nSPS) is 16.4. The molecule has 3 amide bonds. The molecule has 7 N–H and O–H groups in total. The molecule has 1 heterocycles. The second-order valence-corrected chi connectivity index (χ2v) is 10.6. The molecule has 1 saturated heterocycles. The zero-order valence-corrected chi connectivity index (χ0v) is 23.5. The van der Waals surface area contributed by atoms with Crippen LogP contribution in [0.3, 0.4) is 0 Å². The van der Waals surface area contributed by atoms with Crippen molar-refractivity contribution in [1.82, 2.24) is 21.3 Å². The fourth-order valence-electron chi connectivity index (χ4n) is 4.93. The predicted octanol–water partition coefficient (Wildman–Crippen LogP) is 1.42. The van der Waals surface area contributed by atoms with Crippen LogP contribution in [0.5, 0.6) is 11.5 Å². The Hall–Kier alpha value is -4.90. The molecular formula is C32H36N4O7. The molecule has 4 atom stereocenters. The van der Waals surface area contributed by atoms with Gasteiger partial charge in [-0.25, -0.2) is 4.79 Å². The lowest BCUT2D eigenvalue weighted by Gasteiger charge is -2.25. The average Bonchev–Trinajstić information content (AvgIpc) is 3.54. The number of carbonyl (C=O) groups is 4. The summed E-state index contributed by atoms with van der Waals surface area (Å²) in [4.78, 5) is 52.3. The summed E-state index contributed by atoms with van der Waals surface area (Å²) >= 11 is 0. The fraction of sp³-hybridized carbons (Fsp3) is 0.312. The summed E-state index contributed by atoms with van der Waals surface area (Å²) in [6, 6.07) is 17.2. The van der Waals surface area contributed by atoms with Crippen molar-refractivity contribution < 1.29 is 34.5 Å². The van der Waals surface area contributed by atoms with Gasteiger partial charge in [0.2, 0.25) is 17.7 Å². The van der Waals surface area contributed by atoms with Crippen LogP contribution >= 0.6 is 0 Å². The zero-order chi connectivity index (χ0) is 30.8. The Morgan fingerprint density at radius 3 is 1.63 bits per heavy atom. The lowest BCUT2D eigenvalue weighted by molar-refractivity contribution is -0.142. The first-order valence-corrected chi connectivity index (χ1v) is 14.1. The van der Waals surface area contributed by atoms with E-state index in [1.807, 2.05) is 0 Å². The van der Waals surface area contributed by atoms with Gasteiger partial charge in [-0.15, -0.1) is 0 Å². The first-order valence-electron chi connectivity index (χ1n) is 14.1. The highest BCUT2D eigenvalue weighted by Crippen LogP contribution is 2.15. The fourth-order valence-corrected chi connectivity index (χ4v) is 4.93. The van der Waals surface area contributed by atoms with Gasteiger partial charge in [-0.3, -0.25) is 14.4 Å². The minimum Gasteiger partial charge on any atom is -0.508 e. The zero-order valence-electron chi connectivity index (χ0n) is 23.5. The van der Waals surface area contributed by atoms with Crippen molar-refractivity contribution in [2.75, 3.05) is 6.54 Å². The highest BCUT2D eigenvalue weighted by molar-refractivity contribution is 5.94. The van der Waals surface area contributed by atoms with Gasteiger partial charge < -0.3 is 36.6 Å². The lowest BCUT2D eigenvalue weighted by Crippen LogP contribution is -2.58. The minimum atomic E-state index is -1.25. The van der Waals surface area contributed by atoms with Crippen molar-refractivity contribution in [2.24, 2.45) is 0 Å². The van der Waals surface area contributed by atoms with Gasteiger partial charge in [-0.2, -0.15) is 0 Å². The molecule has 226 valence electrons. The van der Waals surface area contributed by atoms with Gasteiger partial charge in [-0.1, -0.05) is 54.6 Å². The smallest absolute Gasteiger partial charge is 0.326 e. The molecule has 0 aliphatic carbocycles. The molecule has 1 fully saturated rings. The molecule has 4 rings (SSSR count). The lowest BCUT2D eigenvalue weighted by atomic mass is 10.0. The molecule has 1 aliphatic rings. The third kappa shape index (κ3) is 9.30. The van der Waals surface area contributed by atoms with Crippen LogP contribution in [0.15, 0.2) is 78.9 Å². The van der Waals surface area contributed by atoms with Crippen LogP contribution in [-0.2, 0) is 38.4 Å². The van der Waals surface area contributed by atoms with Crippen LogP contribution in [0.1, 0.15) is 29.5 Å². The Kier molecular flexibility index (Phi) is 10.7. The van der Waals surface area contributed by atoms with Crippen LogP contribution in [0.4, 0.5) is 0 Å². The second kappa shape index (κ2) is 14.8. The maximum Gasteiger partial charge on any atom is 0.326 e. The molecule has 3 aromatic rings. The van der Waals surface area contributed by atoms with E-state index < -0.39 is 42.0 Å². The summed E-state index contributed by atoms with van der Waals surface area (Å²) in [6.07, 6.45) is 1.58. The van der Waals surface area contributed by atoms with Gasteiger partial charge in [0.25, 0.3) is 0 Å². The number of aromatic hydroxyl groups is 2. The van der Waals surface area contributed by atoms with Crippen LogP contribution < -0.4 is 21.3 Å². The summed E-state index contributed by atoms with van der Waals surface area (Å²) < 4.78 is 0. The highest BCUT2D eigenvalue weighted by Gasteiger charge is 2.32. The van der Waals surface area contributed by atoms with E-state index in [0.717, 1.165) is 6.42 Å². The molecule has 11 nitrogen and oxygen atoms in total. The van der Waals surface area contributed by atoms with E-state index in [4.69, 9.17) is 0 Å². The van der Waals surface area contributed by atoms with Gasteiger partial charge >= 0.3 is 5.97 Å². The molecule has 0 bridgehead atoms. The number of amides is 3. The molecule has 1 aliphatic heterocycles. The molecule has 0 spiro atoms. The molecule has 0 radical (unpaired) electrons. The van der Waals surface area contributed by atoms with E-state index in [9.17, 15) is 34.5 Å². The maximum atomic E-state index is 13.7. The molecule has 4 unspecified atom stereocenters. The SMILES string of the molecule is O=C(O)C(Cc1ccccc1)NC(=O)C(Cc1ccc(O)cc1)NC(=O)C(Cc1ccc(O)cc1)NC(=O)C1CCCN1. The van der Waals surface area contributed by atoms with Gasteiger partial charge in [-0.05, 0) is 60.3 Å². The van der Waals surface area contributed by atoms with E-state index in [-0.39, 0.29) is 36.7 Å². The Morgan fingerprint density at radius 2 is 1.14 bits per heavy atom. The largest absolute Gasteiger partial charge is 0.508 e. The summed E-state index contributed by atoms with van der Waals surface area (Å²) in [5.74, 6) is -2.83. The third-order valence-corrected chi connectivity index (χ3v) is 7.29. The Labute approximate surface area is 249 Å². The first-order chi connectivity index (χ1) is 20.7. The molecular weight excluding hydrogens is 552 g/mol. The van der Waals surface area contributed by atoms with Crippen LogP contribution in [0, 0.1) is 0 Å². The van der Waals surface area contributed by atoms with Gasteiger partial charge in [0.15, 0.2) is 0 Å². The summed E-state index contributed by atoms with van der Waals surface area (Å²) in [6.45, 7) is 0.690. The summed E-state index contributed by atoms with van der Waals surface area (Å²) in [7, 11) is 0.